The molecule has 0 heterocycles. The lowest BCUT2D eigenvalue weighted by atomic mass is 10.1. The van der Waals surface area contributed by atoms with E-state index in [0.717, 1.165) is 5.56 Å². The zero-order valence-corrected chi connectivity index (χ0v) is 10.5. The summed E-state index contributed by atoms with van der Waals surface area (Å²) in [4.78, 5) is 11.7. The molecule has 1 aromatic carbocycles. The number of halogens is 3. The van der Waals surface area contributed by atoms with Crippen LogP contribution in [0.5, 0.6) is 5.75 Å². The number of carbonyl (C=O) groups is 1. The van der Waals surface area contributed by atoms with E-state index in [4.69, 9.17) is 0 Å². The molecule has 0 fully saturated rings. The van der Waals surface area contributed by atoms with E-state index in [1.54, 1.807) is 13.0 Å². The van der Waals surface area contributed by atoms with Crippen molar-refractivity contribution in [2.75, 3.05) is 6.54 Å². The van der Waals surface area contributed by atoms with Gasteiger partial charge in [0, 0.05) is 13.0 Å². The van der Waals surface area contributed by atoms with Crippen LogP contribution in [0.1, 0.15) is 35.2 Å². The van der Waals surface area contributed by atoms with Gasteiger partial charge < -0.3 is 10.4 Å². The van der Waals surface area contributed by atoms with Crippen LogP contribution in [-0.4, -0.2) is 23.7 Å². The van der Waals surface area contributed by atoms with Crippen molar-refractivity contribution < 1.29 is 23.1 Å². The van der Waals surface area contributed by atoms with Crippen LogP contribution >= 0.6 is 0 Å². The first-order valence-electron chi connectivity index (χ1n) is 5.94. The molecule has 2 N–H and O–H groups in total. The fourth-order valence-electron chi connectivity index (χ4n) is 1.58. The Morgan fingerprint density at radius 1 is 1.32 bits per heavy atom. The second kappa shape index (κ2) is 6.45. The number of hydrogen-bond acceptors (Lipinski definition) is 2. The molecular formula is C13H16F3NO2. The van der Waals surface area contributed by atoms with Crippen molar-refractivity contribution in [1.82, 2.24) is 5.32 Å². The van der Waals surface area contributed by atoms with Gasteiger partial charge >= 0.3 is 6.18 Å². The first-order chi connectivity index (χ1) is 8.79. The van der Waals surface area contributed by atoms with Gasteiger partial charge in [-0.25, -0.2) is 0 Å². The molecule has 1 aromatic rings. The van der Waals surface area contributed by atoms with Crippen LogP contribution < -0.4 is 5.32 Å². The Morgan fingerprint density at radius 3 is 2.63 bits per heavy atom. The number of unbranched alkanes of at least 4 members (excludes halogenated alkanes) is 1. The Morgan fingerprint density at radius 2 is 2.00 bits per heavy atom. The molecule has 0 aromatic heterocycles. The summed E-state index contributed by atoms with van der Waals surface area (Å²) in [7, 11) is 0. The molecular weight excluding hydrogens is 259 g/mol. The van der Waals surface area contributed by atoms with Crippen molar-refractivity contribution in [3.05, 3.63) is 29.3 Å². The van der Waals surface area contributed by atoms with E-state index < -0.39 is 18.5 Å². The predicted octanol–water partition coefficient (Wildman–Crippen LogP) is 3.16. The van der Waals surface area contributed by atoms with E-state index in [-0.39, 0.29) is 30.7 Å². The number of phenols is 1. The van der Waals surface area contributed by atoms with Gasteiger partial charge in [-0.15, -0.1) is 0 Å². The maximum Gasteiger partial charge on any atom is 0.389 e. The molecule has 1 amide bonds. The van der Waals surface area contributed by atoms with Crippen LogP contribution in [0, 0.1) is 6.92 Å². The molecule has 19 heavy (non-hydrogen) atoms. The van der Waals surface area contributed by atoms with Gasteiger partial charge in [0.05, 0.1) is 5.56 Å². The van der Waals surface area contributed by atoms with Crippen LogP contribution in [0.15, 0.2) is 18.2 Å². The summed E-state index contributed by atoms with van der Waals surface area (Å²) in [5.74, 6) is -0.619. The SMILES string of the molecule is Cc1ccc(O)c(C(=O)NCCCCC(F)(F)F)c1. The lowest BCUT2D eigenvalue weighted by Crippen LogP contribution is -2.24. The molecule has 0 atom stereocenters. The van der Waals surface area contributed by atoms with Gasteiger partial charge in [0.1, 0.15) is 5.75 Å². The standard InChI is InChI=1S/C13H16F3NO2/c1-9-4-5-11(18)10(8-9)12(19)17-7-3-2-6-13(14,15)16/h4-5,8,18H,2-3,6-7H2,1H3,(H,17,19). The molecule has 0 unspecified atom stereocenters. The van der Waals surface area contributed by atoms with Gasteiger partial charge in [0.15, 0.2) is 0 Å². The second-order valence-electron chi connectivity index (χ2n) is 4.35. The lowest BCUT2D eigenvalue weighted by Gasteiger charge is -2.08. The Balaban J connectivity index is 2.38. The number of aromatic hydroxyl groups is 1. The van der Waals surface area contributed by atoms with Crippen LogP contribution in [0.25, 0.3) is 0 Å². The number of benzene rings is 1. The zero-order chi connectivity index (χ0) is 14.5. The monoisotopic (exact) mass is 275 g/mol. The Labute approximate surface area is 109 Å². The van der Waals surface area contributed by atoms with E-state index in [1.165, 1.54) is 12.1 Å². The van der Waals surface area contributed by atoms with E-state index in [1.807, 2.05) is 0 Å². The summed E-state index contributed by atoms with van der Waals surface area (Å²) in [6.07, 6.45) is -4.78. The Bertz CT molecular complexity index is 444. The molecule has 0 aliphatic heterocycles. The number of alkyl halides is 3. The largest absolute Gasteiger partial charge is 0.507 e. The topological polar surface area (TPSA) is 49.3 Å². The average molecular weight is 275 g/mol. The molecule has 3 nitrogen and oxygen atoms in total. The minimum Gasteiger partial charge on any atom is -0.507 e. The van der Waals surface area contributed by atoms with Gasteiger partial charge in [-0.3, -0.25) is 4.79 Å². The van der Waals surface area contributed by atoms with Gasteiger partial charge in [-0.2, -0.15) is 13.2 Å². The number of aryl methyl sites for hydroxylation is 1. The summed E-state index contributed by atoms with van der Waals surface area (Å²) in [6, 6.07) is 4.60. The average Bonchev–Trinajstić information content (AvgIpc) is 2.30. The normalized spacial score (nSPS) is 11.4. The first kappa shape index (κ1) is 15.3. The Hall–Kier alpha value is -1.72. The number of rotatable bonds is 5. The molecule has 6 heteroatoms. The highest BCUT2D eigenvalue weighted by atomic mass is 19.4. The highest BCUT2D eigenvalue weighted by molar-refractivity contribution is 5.96. The quantitative estimate of drug-likeness (QED) is 0.811. The van der Waals surface area contributed by atoms with Crippen LogP contribution in [0.3, 0.4) is 0 Å². The molecule has 0 saturated heterocycles. The third kappa shape index (κ3) is 5.63. The van der Waals surface area contributed by atoms with Gasteiger partial charge in [-0.05, 0) is 31.9 Å². The zero-order valence-electron chi connectivity index (χ0n) is 10.5. The molecule has 0 radical (unpaired) electrons. The van der Waals surface area contributed by atoms with Gasteiger partial charge in [0.2, 0.25) is 0 Å². The van der Waals surface area contributed by atoms with E-state index >= 15 is 0 Å². The summed E-state index contributed by atoms with van der Waals surface area (Å²) >= 11 is 0. The van der Waals surface area contributed by atoms with Gasteiger partial charge in [0.25, 0.3) is 5.91 Å². The minimum absolute atomic E-state index is 0.0242. The molecule has 0 aliphatic rings. The Kier molecular flexibility index (Phi) is 5.20. The maximum atomic E-state index is 11.9. The van der Waals surface area contributed by atoms with Crippen LogP contribution in [0.2, 0.25) is 0 Å². The molecule has 0 saturated carbocycles. The first-order valence-corrected chi connectivity index (χ1v) is 5.94. The maximum absolute atomic E-state index is 11.9. The number of carbonyl (C=O) groups excluding carboxylic acids is 1. The number of phenolic OH excluding ortho intramolecular Hbond substituents is 1. The third-order valence-corrected chi connectivity index (χ3v) is 2.57. The van der Waals surface area contributed by atoms with Crippen molar-refractivity contribution in [2.45, 2.75) is 32.4 Å². The fourth-order valence-corrected chi connectivity index (χ4v) is 1.58. The molecule has 0 spiro atoms. The minimum atomic E-state index is -4.15. The molecule has 0 bridgehead atoms. The van der Waals surface area contributed by atoms with Crippen molar-refractivity contribution in [1.29, 1.82) is 0 Å². The molecule has 106 valence electrons. The smallest absolute Gasteiger partial charge is 0.389 e. The number of hydrogen-bond donors (Lipinski definition) is 2. The highest BCUT2D eigenvalue weighted by Gasteiger charge is 2.25. The van der Waals surface area contributed by atoms with Crippen LogP contribution in [-0.2, 0) is 0 Å². The molecule has 1 rings (SSSR count). The van der Waals surface area contributed by atoms with E-state index in [0.29, 0.717) is 0 Å². The van der Waals surface area contributed by atoms with Crippen LogP contribution in [0.4, 0.5) is 13.2 Å². The van der Waals surface area contributed by atoms with E-state index in [9.17, 15) is 23.1 Å². The summed E-state index contributed by atoms with van der Waals surface area (Å²) in [5.41, 5.74) is 0.954. The fraction of sp³-hybridized carbons (Fsp3) is 0.462. The number of nitrogens with one attached hydrogen (secondary N) is 1. The summed E-state index contributed by atoms with van der Waals surface area (Å²) < 4.78 is 35.7. The summed E-state index contributed by atoms with van der Waals surface area (Å²) in [6.45, 7) is 1.93. The number of amides is 1. The second-order valence-corrected chi connectivity index (χ2v) is 4.35. The van der Waals surface area contributed by atoms with Crippen molar-refractivity contribution >= 4 is 5.91 Å². The van der Waals surface area contributed by atoms with E-state index in [2.05, 4.69) is 5.32 Å². The summed E-state index contributed by atoms with van der Waals surface area (Å²) in [5, 5.41) is 12.0. The lowest BCUT2D eigenvalue weighted by molar-refractivity contribution is -0.135. The van der Waals surface area contributed by atoms with Crippen molar-refractivity contribution in [2.24, 2.45) is 0 Å². The molecule has 0 aliphatic carbocycles. The van der Waals surface area contributed by atoms with Crippen molar-refractivity contribution in [3.8, 4) is 5.75 Å². The highest BCUT2D eigenvalue weighted by Crippen LogP contribution is 2.22. The predicted molar refractivity (Wildman–Crippen MR) is 65.1 cm³/mol. The van der Waals surface area contributed by atoms with Gasteiger partial charge in [-0.1, -0.05) is 11.6 Å². The third-order valence-electron chi connectivity index (χ3n) is 2.57. The van der Waals surface area contributed by atoms with Crippen molar-refractivity contribution in [3.63, 3.8) is 0 Å².